The van der Waals surface area contributed by atoms with Gasteiger partial charge in [0, 0.05) is 13.5 Å². The molecular weight excluding hydrogens is 208 g/mol. The standard InChI is InChI=1S/C12H20O4/c1-11-8-6-9-5-3-4-7-12(9,16-15-11)10(13-2)14-11/h9-10H,3-8H2,1-2H3/t9-,10-,11-,12+/m1/s1. The van der Waals surface area contributed by atoms with Crippen molar-refractivity contribution in [1.82, 2.24) is 0 Å². The van der Waals surface area contributed by atoms with Crippen LogP contribution in [0.4, 0.5) is 0 Å². The van der Waals surface area contributed by atoms with Crippen molar-refractivity contribution in [1.29, 1.82) is 0 Å². The molecule has 3 saturated heterocycles. The monoisotopic (exact) mass is 228 g/mol. The van der Waals surface area contributed by atoms with Gasteiger partial charge in [-0.25, -0.2) is 9.78 Å². The van der Waals surface area contributed by atoms with Crippen LogP contribution in [0.5, 0.6) is 0 Å². The molecule has 0 unspecified atom stereocenters. The Bertz CT molecular complexity index is 278. The molecule has 2 bridgehead atoms. The summed E-state index contributed by atoms with van der Waals surface area (Å²) >= 11 is 0. The molecule has 4 aliphatic rings. The fourth-order valence-electron chi connectivity index (χ4n) is 3.38. The molecule has 4 atom stereocenters. The predicted octanol–water partition coefficient (Wildman–Crippen LogP) is 2.38. The number of rotatable bonds is 1. The lowest BCUT2D eigenvalue weighted by atomic mass is 9.73. The van der Waals surface area contributed by atoms with Crippen molar-refractivity contribution in [2.24, 2.45) is 5.92 Å². The molecule has 16 heavy (non-hydrogen) atoms. The molecule has 0 radical (unpaired) electrons. The fraction of sp³-hybridized carbons (Fsp3) is 1.00. The quantitative estimate of drug-likeness (QED) is 0.646. The topological polar surface area (TPSA) is 36.9 Å². The van der Waals surface area contributed by atoms with E-state index in [1.165, 1.54) is 19.3 Å². The molecule has 4 heteroatoms. The first kappa shape index (κ1) is 11.0. The molecule has 4 rings (SSSR count). The minimum atomic E-state index is -0.622. The Balaban J connectivity index is 1.96. The summed E-state index contributed by atoms with van der Waals surface area (Å²) in [5.41, 5.74) is -0.358. The average molecular weight is 228 g/mol. The van der Waals surface area contributed by atoms with Gasteiger partial charge >= 0.3 is 0 Å². The molecule has 0 N–H and O–H groups in total. The summed E-state index contributed by atoms with van der Waals surface area (Å²) in [7, 11) is 1.69. The maximum absolute atomic E-state index is 5.94. The molecule has 3 aliphatic heterocycles. The summed E-state index contributed by atoms with van der Waals surface area (Å²) in [5.74, 6) is -0.112. The van der Waals surface area contributed by atoms with Gasteiger partial charge in [-0.2, -0.15) is 0 Å². The Kier molecular flexibility index (Phi) is 2.51. The zero-order chi connectivity index (χ0) is 11.2. The minimum Gasteiger partial charge on any atom is -0.353 e. The van der Waals surface area contributed by atoms with Crippen molar-refractivity contribution in [3.63, 3.8) is 0 Å². The molecule has 4 fully saturated rings. The first-order valence-corrected chi connectivity index (χ1v) is 6.26. The van der Waals surface area contributed by atoms with Gasteiger partial charge in [0.15, 0.2) is 11.9 Å². The highest BCUT2D eigenvalue weighted by Crippen LogP contribution is 2.51. The number of hydrogen-bond acceptors (Lipinski definition) is 4. The molecule has 92 valence electrons. The van der Waals surface area contributed by atoms with Crippen LogP contribution in [0.15, 0.2) is 0 Å². The minimum absolute atomic E-state index is 0.279. The summed E-state index contributed by atoms with van der Waals surface area (Å²) in [4.78, 5) is 11.2. The second-order valence-electron chi connectivity index (χ2n) is 5.42. The highest BCUT2D eigenvalue weighted by Gasteiger charge is 2.59. The van der Waals surface area contributed by atoms with Crippen LogP contribution < -0.4 is 0 Å². The summed E-state index contributed by atoms with van der Waals surface area (Å²) in [6.45, 7) is 1.93. The molecule has 0 amide bonds. The van der Waals surface area contributed by atoms with Crippen molar-refractivity contribution < 1.29 is 19.2 Å². The Morgan fingerprint density at radius 1 is 1.12 bits per heavy atom. The fourth-order valence-corrected chi connectivity index (χ4v) is 3.38. The average Bonchev–Trinajstić information content (AvgIpc) is 2.53. The molecule has 4 nitrogen and oxygen atoms in total. The van der Waals surface area contributed by atoms with Crippen LogP contribution in [0.3, 0.4) is 0 Å². The van der Waals surface area contributed by atoms with E-state index in [2.05, 4.69) is 0 Å². The lowest BCUT2D eigenvalue weighted by molar-refractivity contribution is -0.547. The van der Waals surface area contributed by atoms with Crippen molar-refractivity contribution in [2.75, 3.05) is 7.11 Å². The SMILES string of the molecule is CO[C@@H]1O[C@@]2(C)CC[C@H]3CCCC[C@]31OO2. The maximum Gasteiger partial charge on any atom is 0.201 e. The highest BCUT2D eigenvalue weighted by molar-refractivity contribution is 4.99. The van der Waals surface area contributed by atoms with E-state index in [-0.39, 0.29) is 11.9 Å². The summed E-state index contributed by atoms with van der Waals surface area (Å²) in [6, 6.07) is 0. The number of ether oxygens (including phenoxy) is 2. The van der Waals surface area contributed by atoms with E-state index >= 15 is 0 Å². The smallest absolute Gasteiger partial charge is 0.201 e. The van der Waals surface area contributed by atoms with E-state index in [1.54, 1.807) is 7.11 Å². The van der Waals surface area contributed by atoms with Gasteiger partial charge in [-0.3, -0.25) is 0 Å². The molecule has 1 aliphatic carbocycles. The van der Waals surface area contributed by atoms with E-state index in [0.29, 0.717) is 5.92 Å². The number of methoxy groups -OCH3 is 1. The first-order valence-electron chi connectivity index (χ1n) is 6.26. The van der Waals surface area contributed by atoms with Crippen LogP contribution in [0.25, 0.3) is 0 Å². The Morgan fingerprint density at radius 2 is 2.00 bits per heavy atom. The van der Waals surface area contributed by atoms with Crippen LogP contribution in [0.1, 0.15) is 45.4 Å². The van der Waals surface area contributed by atoms with Gasteiger partial charge in [0.05, 0.1) is 0 Å². The number of hydrogen-bond donors (Lipinski definition) is 0. The Labute approximate surface area is 96.1 Å². The van der Waals surface area contributed by atoms with Gasteiger partial charge in [0.2, 0.25) is 5.79 Å². The van der Waals surface area contributed by atoms with Gasteiger partial charge in [0.1, 0.15) is 0 Å². The van der Waals surface area contributed by atoms with Crippen molar-refractivity contribution in [2.45, 2.75) is 63.1 Å². The predicted molar refractivity (Wildman–Crippen MR) is 56.4 cm³/mol. The van der Waals surface area contributed by atoms with E-state index in [0.717, 1.165) is 19.3 Å². The lowest BCUT2D eigenvalue weighted by Gasteiger charge is -2.48. The van der Waals surface area contributed by atoms with Gasteiger partial charge < -0.3 is 9.47 Å². The zero-order valence-corrected chi connectivity index (χ0v) is 10.0. The highest BCUT2D eigenvalue weighted by atomic mass is 17.3. The first-order chi connectivity index (χ1) is 7.69. The van der Waals surface area contributed by atoms with Crippen LogP contribution in [0.2, 0.25) is 0 Å². The summed E-state index contributed by atoms with van der Waals surface area (Å²) in [5, 5.41) is 0. The molecule has 0 aromatic carbocycles. The zero-order valence-electron chi connectivity index (χ0n) is 10.0. The molecule has 0 aromatic heterocycles. The van der Waals surface area contributed by atoms with Gasteiger partial charge in [-0.05, 0) is 32.1 Å². The van der Waals surface area contributed by atoms with Crippen LogP contribution >= 0.6 is 0 Å². The third-order valence-corrected chi connectivity index (χ3v) is 4.35. The molecule has 3 heterocycles. The van der Waals surface area contributed by atoms with Crippen LogP contribution in [-0.2, 0) is 19.2 Å². The van der Waals surface area contributed by atoms with E-state index in [4.69, 9.17) is 19.2 Å². The molecular formula is C12H20O4. The van der Waals surface area contributed by atoms with Crippen molar-refractivity contribution >= 4 is 0 Å². The van der Waals surface area contributed by atoms with E-state index < -0.39 is 5.79 Å². The maximum atomic E-state index is 5.94. The van der Waals surface area contributed by atoms with Crippen LogP contribution in [-0.4, -0.2) is 24.8 Å². The normalized spacial score (nSPS) is 52.1. The van der Waals surface area contributed by atoms with Crippen molar-refractivity contribution in [3.8, 4) is 0 Å². The van der Waals surface area contributed by atoms with Crippen molar-refractivity contribution in [3.05, 3.63) is 0 Å². The van der Waals surface area contributed by atoms with E-state index in [9.17, 15) is 0 Å². The van der Waals surface area contributed by atoms with E-state index in [1.807, 2.05) is 6.92 Å². The van der Waals surface area contributed by atoms with Gasteiger partial charge in [-0.1, -0.05) is 12.8 Å². The third-order valence-electron chi connectivity index (χ3n) is 4.35. The lowest BCUT2D eigenvalue weighted by Crippen LogP contribution is -2.59. The number of fused-ring (bicyclic) bond motifs is 3. The largest absolute Gasteiger partial charge is 0.353 e. The third kappa shape index (κ3) is 1.44. The van der Waals surface area contributed by atoms with Gasteiger partial charge in [-0.15, -0.1) is 0 Å². The molecule has 1 saturated carbocycles. The molecule has 0 aromatic rings. The second-order valence-corrected chi connectivity index (χ2v) is 5.42. The second kappa shape index (κ2) is 3.67. The summed E-state index contributed by atoms with van der Waals surface area (Å²) < 4.78 is 11.4. The summed E-state index contributed by atoms with van der Waals surface area (Å²) in [6.07, 6.45) is 6.34. The van der Waals surface area contributed by atoms with Crippen LogP contribution in [0, 0.1) is 5.92 Å². The van der Waals surface area contributed by atoms with Gasteiger partial charge in [0.25, 0.3) is 0 Å². The molecule has 1 spiro atoms. The Morgan fingerprint density at radius 3 is 2.81 bits per heavy atom. The Hall–Kier alpha value is -0.160.